The zero-order chi connectivity index (χ0) is 10.7. The van der Waals surface area contributed by atoms with Crippen molar-refractivity contribution in [2.75, 3.05) is 11.5 Å². The lowest BCUT2D eigenvalue weighted by atomic mass is 10.1. The van der Waals surface area contributed by atoms with Crippen molar-refractivity contribution in [3.63, 3.8) is 0 Å². The second-order valence-electron chi connectivity index (χ2n) is 3.48. The van der Waals surface area contributed by atoms with Gasteiger partial charge in [0, 0.05) is 16.5 Å². The van der Waals surface area contributed by atoms with Gasteiger partial charge in [0.2, 0.25) is 5.91 Å². The Morgan fingerprint density at radius 2 is 2.47 bits per heavy atom. The maximum absolute atomic E-state index is 11.7. The molecule has 5 heteroatoms. The minimum Gasteiger partial charge on any atom is -0.351 e. The van der Waals surface area contributed by atoms with Gasteiger partial charge in [0.25, 0.3) is 0 Å². The molecule has 2 rings (SSSR count). The third-order valence-electron chi connectivity index (χ3n) is 2.37. The van der Waals surface area contributed by atoms with Crippen LogP contribution in [-0.2, 0) is 11.3 Å². The van der Waals surface area contributed by atoms with Crippen LogP contribution in [0.15, 0.2) is 15.9 Å². The van der Waals surface area contributed by atoms with E-state index in [1.54, 1.807) is 11.3 Å². The zero-order valence-electron chi connectivity index (χ0n) is 8.16. The molecule has 1 saturated heterocycles. The quantitative estimate of drug-likeness (QED) is 0.930. The molecule has 1 fully saturated rings. The van der Waals surface area contributed by atoms with Crippen LogP contribution in [0.4, 0.5) is 0 Å². The van der Waals surface area contributed by atoms with Gasteiger partial charge in [0.1, 0.15) is 0 Å². The van der Waals surface area contributed by atoms with Crippen molar-refractivity contribution in [2.24, 2.45) is 5.92 Å². The van der Waals surface area contributed by atoms with Crippen LogP contribution in [0.25, 0.3) is 0 Å². The van der Waals surface area contributed by atoms with Crippen molar-refractivity contribution in [3.05, 3.63) is 20.8 Å². The lowest BCUT2D eigenvalue weighted by Gasteiger charge is -2.08. The smallest absolute Gasteiger partial charge is 0.224 e. The van der Waals surface area contributed by atoms with E-state index in [0.29, 0.717) is 6.54 Å². The molecule has 0 saturated carbocycles. The van der Waals surface area contributed by atoms with Gasteiger partial charge < -0.3 is 5.32 Å². The highest BCUT2D eigenvalue weighted by Crippen LogP contribution is 2.24. The van der Waals surface area contributed by atoms with Crippen LogP contribution in [-0.4, -0.2) is 17.4 Å². The Morgan fingerprint density at radius 1 is 1.60 bits per heavy atom. The molecule has 1 amide bonds. The third-order valence-corrected chi connectivity index (χ3v) is 5.15. The van der Waals surface area contributed by atoms with Gasteiger partial charge in [0.05, 0.1) is 10.3 Å². The summed E-state index contributed by atoms with van der Waals surface area (Å²) in [5.74, 6) is 2.56. The summed E-state index contributed by atoms with van der Waals surface area (Å²) in [4.78, 5) is 12.9. The molecule has 82 valence electrons. The van der Waals surface area contributed by atoms with Gasteiger partial charge in [-0.15, -0.1) is 11.3 Å². The first-order valence-electron chi connectivity index (χ1n) is 4.85. The van der Waals surface area contributed by atoms with Gasteiger partial charge >= 0.3 is 0 Å². The van der Waals surface area contributed by atoms with E-state index < -0.39 is 0 Å². The molecule has 0 radical (unpaired) electrons. The van der Waals surface area contributed by atoms with Crippen LogP contribution < -0.4 is 5.32 Å². The average Bonchev–Trinajstić information content (AvgIpc) is 2.84. The number of halogens is 1. The number of rotatable bonds is 3. The van der Waals surface area contributed by atoms with Crippen molar-refractivity contribution in [1.82, 2.24) is 5.32 Å². The second kappa shape index (κ2) is 5.37. The van der Waals surface area contributed by atoms with E-state index in [0.717, 1.165) is 21.7 Å². The van der Waals surface area contributed by atoms with Crippen molar-refractivity contribution in [1.29, 1.82) is 0 Å². The topological polar surface area (TPSA) is 29.1 Å². The molecule has 2 nitrogen and oxygen atoms in total. The molecule has 15 heavy (non-hydrogen) atoms. The zero-order valence-corrected chi connectivity index (χ0v) is 11.4. The van der Waals surface area contributed by atoms with Crippen molar-refractivity contribution in [2.45, 2.75) is 13.0 Å². The number of thioether (sulfide) groups is 1. The summed E-state index contributed by atoms with van der Waals surface area (Å²) in [6.07, 6.45) is 1.03. The second-order valence-corrected chi connectivity index (χ2v) is 7.18. The van der Waals surface area contributed by atoms with E-state index in [9.17, 15) is 4.79 Å². The normalized spacial score (nSPS) is 20.5. The molecule has 1 aromatic heterocycles. The number of amides is 1. The van der Waals surface area contributed by atoms with Gasteiger partial charge in [-0.05, 0) is 40.2 Å². The van der Waals surface area contributed by atoms with Gasteiger partial charge in [0.15, 0.2) is 0 Å². The summed E-state index contributed by atoms with van der Waals surface area (Å²) in [6.45, 7) is 0.663. The summed E-state index contributed by atoms with van der Waals surface area (Å²) >= 11 is 6.95. The fourth-order valence-corrected chi connectivity index (χ4v) is 4.15. The Hall–Kier alpha value is -0.000000000000000111. The molecule has 2 heterocycles. The summed E-state index contributed by atoms with van der Waals surface area (Å²) < 4.78 is 1.11. The Bertz CT molecular complexity index is 347. The highest BCUT2D eigenvalue weighted by Gasteiger charge is 2.22. The molecule has 1 aromatic rings. The molecular formula is C10H12BrNOS2. The Morgan fingerprint density at radius 3 is 3.07 bits per heavy atom. The Labute approximate surface area is 106 Å². The predicted molar refractivity (Wildman–Crippen MR) is 69.3 cm³/mol. The summed E-state index contributed by atoms with van der Waals surface area (Å²) in [7, 11) is 0. The van der Waals surface area contributed by atoms with E-state index in [4.69, 9.17) is 0 Å². The molecular weight excluding hydrogens is 294 g/mol. The SMILES string of the molecule is O=C(NCc1ccc(Br)s1)C1CCSC1. The molecule has 1 unspecified atom stereocenters. The minimum atomic E-state index is 0.213. The lowest BCUT2D eigenvalue weighted by Crippen LogP contribution is -2.29. The Kier molecular flexibility index (Phi) is 4.11. The van der Waals surface area contributed by atoms with Crippen molar-refractivity contribution in [3.8, 4) is 0 Å². The van der Waals surface area contributed by atoms with Crippen molar-refractivity contribution >= 4 is 44.9 Å². The summed E-state index contributed by atoms with van der Waals surface area (Å²) in [5, 5.41) is 2.99. The van der Waals surface area contributed by atoms with Crippen molar-refractivity contribution < 1.29 is 4.79 Å². The van der Waals surface area contributed by atoms with Crippen LogP contribution in [0.3, 0.4) is 0 Å². The maximum atomic E-state index is 11.7. The highest BCUT2D eigenvalue weighted by atomic mass is 79.9. The van der Waals surface area contributed by atoms with E-state index in [1.165, 1.54) is 4.88 Å². The van der Waals surface area contributed by atoms with Crippen LogP contribution >= 0.6 is 39.0 Å². The molecule has 1 N–H and O–H groups in total. The number of carbonyl (C=O) groups excluding carboxylic acids is 1. The molecule has 0 bridgehead atoms. The Balaban J connectivity index is 1.80. The number of hydrogen-bond acceptors (Lipinski definition) is 3. The minimum absolute atomic E-state index is 0.213. The van der Waals surface area contributed by atoms with E-state index >= 15 is 0 Å². The first kappa shape index (κ1) is 11.5. The van der Waals surface area contributed by atoms with Crippen LogP contribution in [0, 0.1) is 5.92 Å². The molecule has 0 spiro atoms. The third kappa shape index (κ3) is 3.23. The van der Waals surface area contributed by atoms with E-state index in [-0.39, 0.29) is 11.8 Å². The summed E-state index contributed by atoms with van der Waals surface area (Å²) in [6, 6.07) is 4.05. The van der Waals surface area contributed by atoms with Gasteiger partial charge in [-0.2, -0.15) is 11.8 Å². The molecule has 0 aromatic carbocycles. The summed E-state index contributed by atoms with van der Waals surface area (Å²) in [5.41, 5.74) is 0. The fraction of sp³-hybridized carbons (Fsp3) is 0.500. The highest BCUT2D eigenvalue weighted by molar-refractivity contribution is 9.11. The predicted octanol–water partition coefficient (Wildman–Crippen LogP) is 2.88. The number of thiophene rings is 1. The fourth-order valence-electron chi connectivity index (χ4n) is 1.51. The van der Waals surface area contributed by atoms with Gasteiger partial charge in [-0.1, -0.05) is 0 Å². The standard InChI is InChI=1S/C10H12BrNOS2/c11-9-2-1-8(15-9)5-12-10(13)7-3-4-14-6-7/h1-2,7H,3-6H2,(H,12,13). The molecule has 1 atom stereocenters. The largest absolute Gasteiger partial charge is 0.351 e. The van der Waals surface area contributed by atoms with Gasteiger partial charge in [-0.3, -0.25) is 4.79 Å². The molecule has 1 aliphatic heterocycles. The number of hydrogen-bond donors (Lipinski definition) is 1. The first-order valence-corrected chi connectivity index (χ1v) is 7.62. The maximum Gasteiger partial charge on any atom is 0.224 e. The molecule has 0 aliphatic carbocycles. The first-order chi connectivity index (χ1) is 7.25. The number of nitrogens with one attached hydrogen (secondary N) is 1. The average molecular weight is 306 g/mol. The van der Waals surface area contributed by atoms with E-state index in [1.807, 2.05) is 23.9 Å². The van der Waals surface area contributed by atoms with Crippen LogP contribution in [0.5, 0.6) is 0 Å². The van der Waals surface area contributed by atoms with Crippen LogP contribution in [0.1, 0.15) is 11.3 Å². The number of carbonyl (C=O) groups is 1. The van der Waals surface area contributed by atoms with E-state index in [2.05, 4.69) is 21.2 Å². The van der Waals surface area contributed by atoms with Crippen LogP contribution in [0.2, 0.25) is 0 Å². The molecule has 1 aliphatic rings. The lowest BCUT2D eigenvalue weighted by molar-refractivity contribution is -0.124. The monoisotopic (exact) mass is 305 g/mol. The van der Waals surface area contributed by atoms with Gasteiger partial charge in [-0.25, -0.2) is 0 Å².